The summed E-state index contributed by atoms with van der Waals surface area (Å²) in [6, 6.07) is 10.6. The highest BCUT2D eigenvalue weighted by Crippen LogP contribution is 2.54. The van der Waals surface area contributed by atoms with Gasteiger partial charge in [0.1, 0.15) is 29.2 Å². The van der Waals surface area contributed by atoms with E-state index in [9.17, 15) is 22.8 Å². The Labute approximate surface area is 239 Å². The van der Waals surface area contributed by atoms with Gasteiger partial charge in [-0.1, -0.05) is 6.07 Å². The van der Waals surface area contributed by atoms with Crippen LogP contribution in [0.4, 0.5) is 19.0 Å². The van der Waals surface area contributed by atoms with Crippen molar-refractivity contribution in [2.45, 2.75) is 43.6 Å². The van der Waals surface area contributed by atoms with Gasteiger partial charge in [0.15, 0.2) is 0 Å². The van der Waals surface area contributed by atoms with Gasteiger partial charge in [-0.15, -0.1) is 0 Å². The molecule has 1 aromatic heterocycles. The van der Waals surface area contributed by atoms with Crippen LogP contribution in [0.15, 0.2) is 48.7 Å². The number of halogens is 3. The van der Waals surface area contributed by atoms with Gasteiger partial charge < -0.3 is 25.4 Å². The number of ether oxygens (including phenoxy) is 2. The number of carbonyl (C=O) groups is 2. The number of alkyl halides is 3. The van der Waals surface area contributed by atoms with Gasteiger partial charge in [-0.05, 0) is 48.4 Å². The van der Waals surface area contributed by atoms with Gasteiger partial charge in [-0.2, -0.15) is 13.2 Å². The number of nitrogens with one attached hydrogen (secondary N) is 3. The number of rotatable bonds is 6. The number of hydrogen-bond acceptors (Lipinski definition) is 7. The average molecular weight is 580 g/mol. The third-order valence-electron chi connectivity index (χ3n) is 8.24. The van der Waals surface area contributed by atoms with E-state index < -0.39 is 17.6 Å². The molecule has 9 nitrogen and oxygen atoms in total. The fourth-order valence-electron chi connectivity index (χ4n) is 6.02. The molecule has 0 bridgehead atoms. The maximum Gasteiger partial charge on any atom is 0.416 e. The topological polar surface area (TPSA) is 105 Å². The first-order valence-electron chi connectivity index (χ1n) is 13.9. The zero-order chi connectivity index (χ0) is 29.0. The van der Waals surface area contributed by atoms with Crippen molar-refractivity contribution in [3.8, 4) is 17.2 Å². The third-order valence-corrected chi connectivity index (χ3v) is 8.24. The lowest BCUT2D eigenvalue weighted by molar-refractivity contribution is -0.138. The molecule has 2 amide bonds. The molecule has 7 rings (SSSR count). The Kier molecular flexibility index (Phi) is 6.54. The minimum atomic E-state index is -4.58. The van der Waals surface area contributed by atoms with E-state index in [0.717, 1.165) is 30.3 Å². The molecule has 0 spiro atoms. The average Bonchev–Trinajstić information content (AvgIpc) is 3.49. The molecule has 3 aromatic rings. The van der Waals surface area contributed by atoms with Crippen LogP contribution < -0.4 is 25.4 Å². The molecule has 3 aliphatic heterocycles. The van der Waals surface area contributed by atoms with E-state index in [4.69, 9.17) is 9.47 Å². The first-order valence-corrected chi connectivity index (χ1v) is 13.9. The van der Waals surface area contributed by atoms with Crippen LogP contribution in [-0.2, 0) is 23.9 Å². The first kappa shape index (κ1) is 26.7. The second-order valence-corrected chi connectivity index (χ2v) is 11.0. The van der Waals surface area contributed by atoms with Crippen LogP contribution in [0, 0.1) is 0 Å². The Morgan fingerprint density at radius 1 is 1.12 bits per heavy atom. The Hall–Kier alpha value is -4.16. The number of benzene rings is 2. The summed E-state index contributed by atoms with van der Waals surface area (Å²) in [5.74, 6) is 1.54. The monoisotopic (exact) mass is 579 g/mol. The zero-order valence-corrected chi connectivity index (χ0v) is 22.5. The lowest BCUT2D eigenvalue weighted by atomic mass is 10.0. The second-order valence-electron chi connectivity index (χ2n) is 11.0. The first-order chi connectivity index (χ1) is 20.2. The van der Waals surface area contributed by atoms with Crippen LogP contribution in [0.1, 0.15) is 45.0 Å². The lowest BCUT2D eigenvalue weighted by Crippen LogP contribution is -2.43. The lowest BCUT2D eigenvalue weighted by Gasteiger charge is -2.28. The maximum absolute atomic E-state index is 14.0. The molecule has 3 atom stereocenters. The Morgan fingerprint density at radius 2 is 1.95 bits per heavy atom. The van der Waals surface area contributed by atoms with Gasteiger partial charge in [0.2, 0.25) is 5.91 Å². The van der Waals surface area contributed by atoms with E-state index in [1.807, 2.05) is 11.0 Å². The van der Waals surface area contributed by atoms with Gasteiger partial charge >= 0.3 is 6.18 Å². The van der Waals surface area contributed by atoms with Crippen molar-refractivity contribution < 1.29 is 32.2 Å². The number of nitrogens with zero attached hydrogens (tertiary/aromatic N) is 2. The molecule has 42 heavy (non-hydrogen) atoms. The van der Waals surface area contributed by atoms with E-state index in [-0.39, 0.29) is 41.6 Å². The van der Waals surface area contributed by atoms with Gasteiger partial charge in [0, 0.05) is 62.0 Å². The number of amides is 2. The van der Waals surface area contributed by atoms with E-state index in [2.05, 4.69) is 20.9 Å². The highest BCUT2D eigenvalue weighted by atomic mass is 19.4. The van der Waals surface area contributed by atoms with Gasteiger partial charge in [0.25, 0.3) is 5.91 Å². The Bertz CT molecular complexity index is 1570. The molecule has 4 heterocycles. The van der Waals surface area contributed by atoms with Crippen molar-refractivity contribution in [2.75, 3.05) is 31.5 Å². The highest BCUT2D eigenvalue weighted by molar-refractivity contribution is 5.95. The predicted octanol–water partition coefficient (Wildman–Crippen LogP) is 3.84. The van der Waals surface area contributed by atoms with Crippen molar-refractivity contribution in [3.05, 3.63) is 76.5 Å². The fraction of sp³-hybridized carbons (Fsp3) is 0.367. The van der Waals surface area contributed by atoms with Crippen molar-refractivity contribution in [2.24, 2.45) is 0 Å². The molecule has 1 saturated carbocycles. The summed E-state index contributed by atoms with van der Waals surface area (Å²) in [5.41, 5.74) is 1.02. The summed E-state index contributed by atoms with van der Waals surface area (Å²) >= 11 is 0. The molecule has 1 saturated heterocycles. The number of fused-ring (bicyclic) bond motifs is 4. The molecular formula is C30H28F3N5O4. The number of aromatic nitrogens is 1. The summed E-state index contributed by atoms with van der Waals surface area (Å²) in [5, 5.41) is 8.82. The molecule has 2 aromatic carbocycles. The summed E-state index contributed by atoms with van der Waals surface area (Å²) in [4.78, 5) is 31.0. The Morgan fingerprint density at radius 3 is 2.76 bits per heavy atom. The minimum Gasteiger partial charge on any atom is -0.487 e. The largest absolute Gasteiger partial charge is 0.487 e. The highest BCUT2D eigenvalue weighted by Gasteiger charge is 2.59. The van der Waals surface area contributed by atoms with E-state index >= 15 is 0 Å². The van der Waals surface area contributed by atoms with Crippen molar-refractivity contribution in [1.29, 1.82) is 0 Å². The molecule has 4 aliphatic rings. The molecule has 3 N–H and O–H groups in total. The third kappa shape index (κ3) is 5.05. The summed E-state index contributed by atoms with van der Waals surface area (Å²) in [7, 11) is 0. The summed E-state index contributed by atoms with van der Waals surface area (Å²) < 4.78 is 54.0. The van der Waals surface area contributed by atoms with Gasteiger partial charge in [0.05, 0.1) is 17.5 Å². The molecule has 218 valence electrons. The van der Waals surface area contributed by atoms with Gasteiger partial charge in [-0.3, -0.25) is 14.5 Å². The van der Waals surface area contributed by atoms with E-state index in [0.29, 0.717) is 49.0 Å². The second kappa shape index (κ2) is 10.3. The fourth-order valence-corrected chi connectivity index (χ4v) is 6.02. The molecular weight excluding hydrogens is 551 g/mol. The quantitative estimate of drug-likeness (QED) is 0.408. The van der Waals surface area contributed by atoms with Crippen LogP contribution in [-0.4, -0.2) is 60.0 Å². The SMILES string of the molecule is O=C1CCc2c(Oc3ccc4c(c3)C3C(NC(=O)c5ccc(CN6CCNCC6)c(C(F)(F)F)c5)C3O4)ccnc2N1. The summed E-state index contributed by atoms with van der Waals surface area (Å²) in [6.07, 6.45) is -2.43. The molecule has 2 fully saturated rings. The van der Waals surface area contributed by atoms with Gasteiger partial charge in [-0.25, -0.2) is 4.98 Å². The smallest absolute Gasteiger partial charge is 0.416 e. The minimum absolute atomic E-state index is 0.0387. The van der Waals surface area contributed by atoms with Crippen molar-refractivity contribution in [3.63, 3.8) is 0 Å². The van der Waals surface area contributed by atoms with Crippen LogP contribution in [0.3, 0.4) is 0 Å². The van der Waals surface area contributed by atoms with E-state index in [1.54, 1.807) is 24.4 Å². The number of piperazine rings is 1. The van der Waals surface area contributed by atoms with Crippen LogP contribution >= 0.6 is 0 Å². The Balaban J connectivity index is 1.05. The van der Waals surface area contributed by atoms with Crippen LogP contribution in [0.5, 0.6) is 17.2 Å². The predicted molar refractivity (Wildman–Crippen MR) is 146 cm³/mol. The maximum atomic E-state index is 14.0. The van der Waals surface area contributed by atoms with Crippen molar-refractivity contribution >= 4 is 17.6 Å². The molecule has 1 aliphatic carbocycles. The number of hydrogen-bond donors (Lipinski definition) is 3. The summed E-state index contributed by atoms with van der Waals surface area (Å²) in [6.45, 7) is 2.98. The standard InChI is InChI=1S/C30H28F3N5O4/c31-30(32,33)21-13-16(1-2-17(21)15-38-11-9-34-10-12-38)29(40)37-26-25-20-14-18(3-5-22(20)42-27(25)26)41-23-7-8-35-28-19(23)4-6-24(39)36-28/h1-3,5,7-8,13-14,25-27,34H,4,6,9-12,15H2,(H,37,40)(H,35,36,39). The number of anilines is 1. The number of carbonyl (C=O) groups excluding carboxylic acids is 2. The zero-order valence-electron chi connectivity index (χ0n) is 22.5. The normalized spacial score (nSPS) is 22.7. The van der Waals surface area contributed by atoms with Crippen LogP contribution in [0.2, 0.25) is 0 Å². The number of pyridine rings is 1. The van der Waals surface area contributed by atoms with E-state index in [1.165, 1.54) is 12.1 Å². The van der Waals surface area contributed by atoms with Crippen LogP contribution in [0.25, 0.3) is 0 Å². The molecule has 3 unspecified atom stereocenters. The van der Waals surface area contributed by atoms with Crippen molar-refractivity contribution in [1.82, 2.24) is 20.5 Å². The molecule has 12 heteroatoms. The molecule has 0 radical (unpaired) electrons.